The molecule has 1 saturated heterocycles. The van der Waals surface area contributed by atoms with Gasteiger partial charge in [-0.15, -0.1) is 0 Å². The Kier molecular flexibility index (Phi) is 4.67. The molecule has 1 N–H and O–H groups in total. The van der Waals surface area contributed by atoms with Crippen molar-refractivity contribution in [2.75, 3.05) is 20.2 Å². The standard InChI is InChI=1S/C23H22BrN3O3/c1-14-20-21(27(26-14)22(28)15-7-8-17(24)19(13-15)29-2)16-5-3-4-6-18(16)30-23(20)9-11-25-12-10-23/h3-8,13,25H,9-12H2,1-2H3. The molecule has 0 atom stereocenters. The smallest absolute Gasteiger partial charge is 0.278 e. The number of piperidine rings is 1. The second-order valence-electron chi connectivity index (χ2n) is 7.72. The van der Waals surface area contributed by atoms with Gasteiger partial charge in [-0.2, -0.15) is 9.78 Å². The van der Waals surface area contributed by atoms with Gasteiger partial charge in [0, 0.05) is 29.5 Å². The topological polar surface area (TPSA) is 65.4 Å². The van der Waals surface area contributed by atoms with Crippen LogP contribution in [0.5, 0.6) is 11.5 Å². The van der Waals surface area contributed by atoms with Gasteiger partial charge in [-0.25, -0.2) is 0 Å². The zero-order chi connectivity index (χ0) is 20.9. The monoisotopic (exact) mass is 467 g/mol. The van der Waals surface area contributed by atoms with Gasteiger partial charge in [0.15, 0.2) is 0 Å². The number of rotatable bonds is 2. The van der Waals surface area contributed by atoms with Crippen molar-refractivity contribution in [3.05, 3.63) is 63.8 Å². The van der Waals surface area contributed by atoms with Crippen LogP contribution in [-0.4, -0.2) is 35.9 Å². The van der Waals surface area contributed by atoms with Crippen molar-refractivity contribution in [2.45, 2.75) is 25.4 Å². The predicted molar refractivity (Wildman–Crippen MR) is 117 cm³/mol. The Morgan fingerprint density at radius 1 is 1.23 bits per heavy atom. The third-order valence-electron chi connectivity index (χ3n) is 5.97. The number of hydrogen-bond donors (Lipinski definition) is 1. The number of aromatic nitrogens is 2. The van der Waals surface area contributed by atoms with E-state index in [2.05, 4.69) is 21.2 Å². The molecule has 2 aliphatic rings. The second kappa shape index (κ2) is 7.25. The number of aryl methyl sites for hydroxylation is 1. The molecule has 0 saturated carbocycles. The summed E-state index contributed by atoms with van der Waals surface area (Å²) >= 11 is 3.45. The Morgan fingerprint density at radius 2 is 2.00 bits per heavy atom. The third-order valence-corrected chi connectivity index (χ3v) is 6.62. The lowest BCUT2D eigenvalue weighted by Crippen LogP contribution is -2.46. The van der Waals surface area contributed by atoms with E-state index in [0.717, 1.165) is 58.7 Å². The second-order valence-corrected chi connectivity index (χ2v) is 8.57. The minimum absolute atomic E-state index is 0.189. The number of halogens is 1. The van der Waals surface area contributed by atoms with Crippen molar-refractivity contribution in [3.8, 4) is 22.8 Å². The number of fused-ring (bicyclic) bond motifs is 4. The SMILES string of the molecule is COc1cc(C(=O)n2nc(C)c3c2-c2ccccc2OC32CCNCC2)ccc1Br. The first kappa shape index (κ1) is 19.3. The first-order chi connectivity index (χ1) is 14.5. The van der Waals surface area contributed by atoms with Crippen molar-refractivity contribution < 1.29 is 14.3 Å². The van der Waals surface area contributed by atoms with Crippen molar-refractivity contribution in [3.63, 3.8) is 0 Å². The Morgan fingerprint density at radius 3 is 2.77 bits per heavy atom. The molecule has 3 heterocycles. The number of benzene rings is 2. The highest BCUT2D eigenvalue weighted by molar-refractivity contribution is 9.10. The van der Waals surface area contributed by atoms with Crippen molar-refractivity contribution in [1.82, 2.24) is 15.1 Å². The van der Waals surface area contributed by atoms with Gasteiger partial charge in [-0.3, -0.25) is 4.79 Å². The van der Waals surface area contributed by atoms with E-state index in [1.165, 1.54) is 0 Å². The molecule has 1 fully saturated rings. The van der Waals surface area contributed by atoms with Gasteiger partial charge < -0.3 is 14.8 Å². The average Bonchev–Trinajstić information content (AvgIpc) is 3.13. The number of hydrogen-bond acceptors (Lipinski definition) is 5. The highest BCUT2D eigenvalue weighted by Crippen LogP contribution is 2.50. The maximum absolute atomic E-state index is 13.6. The quantitative estimate of drug-likeness (QED) is 0.608. The third kappa shape index (κ3) is 2.87. The van der Waals surface area contributed by atoms with Crippen LogP contribution < -0.4 is 14.8 Å². The van der Waals surface area contributed by atoms with E-state index in [-0.39, 0.29) is 5.91 Å². The highest BCUT2D eigenvalue weighted by Gasteiger charge is 2.46. The summed E-state index contributed by atoms with van der Waals surface area (Å²) in [6.45, 7) is 3.69. The van der Waals surface area contributed by atoms with Crippen molar-refractivity contribution in [1.29, 1.82) is 0 Å². The Balaban J connectivity index is 1.71. The molecule has 0 amide bonds. The molecule has 6 nitrogen and oxygen atoms in total. The molecule has 0 radical (unpaired) electrons. The van der Waals surface area contributed by atoms with E-state index in [0.29, 0.717) is 11.3 Å². The largest absolute Gasteiger partial charge is 0.496 e. The molecule has 2 aromatic carbocycles. The number of carbonyl (C=O) groups is 1. The molecule has 5 rings (SSSR count). The Bertz CT molecular complexity index is 1150. The number of para-hydroxylation sites is 1. The maximum atomic E-state index is 13.6. The van der Waals surface area contributed by atoms with Crippen molar-refractivity contribution in [2.24, 2.45) is 0 Å². The zero-order valence-corrected chi connectivity index (χ0v) is 18.5. The van der Waals surface area contributed by atoms with Gasteiger partial charge >= 0.3 is 0 Å². The van der Waals surface area contributed by atoms with Crippen LogP contribution >= 0.6 is 15.9 Å². The van der Waals surface area contributed by atoms with E-state index >= 15 is 0 Å². The summed E-state index contributed by atoms with van der Waals surface area (Å²) in [7, 11) is 1.59. The summed E-state index contributed by atoms with van der Waals surface area (Å²) in [5.74, 6) is 1.22. The maximum Gasteiger partial charge on any atom is 0.278 e. The molecule has 7 heteroatoms. The number of nitrogens with zero attached hydrogens (tertiary/aromatic N) is 2. The minimum atomic E-state index is -0.463. The molecule has 1 spiro atoms. The van der Waals surface area contributed by atoms with Gasteiger partial charge in [-0.05, 0) is 66.3 Å². The molecule has 154 valence electrons. The van der Waals surface area contributed by atoms with Crippen LogP contribution in [0.3, 0.4) is 0 Å². The molecular weight excluding hydrogens is 446 g/mol. The van der Waals surface area contributed by atoms with Gasteiger partial charge in [0.05, 0.1) is 23.0 Å². The zero-order valence-electron chi connectivity index (χ0n) is 16.9. The van der Waals surface area contributed by atoms with E-state index in [1.54, 1.807) is 23.9 Å². The summed E-state index contributed by atoms with van der Waals surface area (Å²) in [5.41, 5.74) is 3.65. The first-order valence-corrected chi connectivity index (χ1v) is 10.8. The molecule has 1 aromatic heterocycles. The predicted octanol–water partition coefficient (Wildman–Crippen LogP) is 4.29. The number of methoxy groups -OCH3 is 1. The van der Waals surface area contributed by atoms with E-state index in [1.807, 2.05) is 37.3 Å². The summed E-state index contributed by atoms with van der Waals surface area (Å²) in [6, 6.07) is 13.2. The molecule has 3 aromatic rings. The van der Waals surface area contributed by atoms with Crippen LogP contribution in [0.25, 0.3) is 11.3 Å². The molecule has 2 aliphatic heterocycles. The van der Waals surface area contributed by atoms with Crippen LogP contribution in [0.1, 0.15) is 34.5 Å². The van der Waals surface area contributed by atoms with Crippen LogP contribution in [0.2, 0.25) is 0 Å². The molecular formula is C23H22BrN3O3. The van der Waals surface area contributed by atoms with Crippen LogP contribution in [0.4, 0.5) is 0 Å². The molecule has 30 heavy (non-hydrogen) atoms. The van der Waals surface area contributed by atoms with Crippen LogP contribution in [0.15, 0.2) is 46.9 Å². The van der Waals surface area contributed by atoms with Gasteiger partial charge in [0.1, 0.15) is 17.1 Å². The number of nitrogens with one attached hydrogen (secondary N) is 1. The van der Waals surface area contributed by atoms with Gasteiger partial charge in [-0.1, -0.05) is 12.1 Å². The number of ether oxygens (including phenoxy) is 2. The summed E-state index contributed by atoms with van der Waals surface area (Å²) < 4.78 is 14.3. The summed E-state index contributed by atoms with van der Waals surface area (Å²) in [5, 5.41) is 8.12. The fourth-order valence-corrected chi connectivity index (χ4v) is 4.99. The van der Waals surface area contributed by atoms with E-state index in [4.69, 9.17) is 14.6 Å². The normalized spacial score (nSPS) is 16.5. The van der Waals surface area contributed by atoms with Crippen LogP contribution in [0, 0.1) is 6.92 Å². The van der Waals surface area contributed by atoms with Crippen LogP contribution in [-0.2, 0) is 5.60 Å². The average molecular weight is 468 g/mol. The lowest BCUT2D eigenvalue weighted by Gasteiger charge is -2.42. The lowest BCUT2D eigenvalue weighted by molar-refractivity contribution is 0.0301. The van der Waals surface area contributed by atoms with E-state index in [9.17, 15) is 4.79 Å². The molecule has 0 bridgehead atoms. The number of carbonyl (C=O) groups excluding carboxylic acids is 1. The fraction of sp³-hybridized carbons (Fsp3) is 0.304. The first-order valence-electron chi connectivity index (χ1n) is 10.0. The molecule has 0 aliphatic carbocycles. The Hall–Kier alpha value is -2.64. The highest BCUT2D eigenvalue weighted by atomic mass is 79.9. The van der Waals surface area contributed by atoms with Crippen molar-refractivity contribution >= 4 is 21.8 Å². The molecule has 0 unspecified atom stereocenters. The summed E-state index contributed by atoms with van der Waals surface area (Å²) in [6.07, 6.45) is 1.67. The fourth-order valence-electron chi connectivity index (χ4n) is 4.58. The van der Waals surface area contributed by atoms with Gasteiger partial charge in [0.2, 0.25) is 0 Å². The van der Waals surface area contributed by atoms with Gasteiger partial charge in [0.25, 0.3) is 5.91 Å². The lowest BCUT2D eigenvalue weighted by atomic mass is 9.80. The Labute approximate surface area is 183 Å². The summed E-state index contributed by atoms with van der Waals surface area (Å²) in [4.78, 5) is 13.6. The minimum Gasteiger partial charge on any atom is -0.496 e. The van der Waals surface area contributed by atoms with E-state index < -0.39 is 5.60 Å².